The molecule has 112 valence electrons. The van der Waals surface area contributed by atoms with Crippen LogP contribution in [0.1, 0.15) is 11.1 Å². The minimum absolute atomic E-state index is 0.196. The van der Waals surface area contributed by atoms with E-state index in [4.69, 9.17) is 4.74 Å². The lowest BCUT2D eigenvalue weighted by Gasteiger charge is -2.05. The number of hydrogen-bond donors (Lipinski definition) is 0. The van der Waals surface area contributed by atoms with E-state index in [-0.39, 0.29) is 17.5 Å². The fourth-order valence-corrected chi connectivity index (χ4v) is 3.06. The number of hydrogen-bond acceptors (Lipinski definition) is 4. The molecule has 0 amide bonds. The van der Waals surface area contributed by atoms with Crippen LogP contribution in [0.3, 0.4) is 0 Å². The molecule has 4 nitrogen and oxygen atoms in total. The van der Waals surface area contributed by atoms with Crippen LogP contribution >= 0.6 is 0 Å². The van der Waals surface area contributed by atoms with Crippen molar-refractivity contribution in [2.24, 2.45) is 0 Å². The van der Waals surface area contributed by atoms with Crippen LogP contribution in [0.2, 0.25) is 0 Å². The summed E-state index contributed by atoms with van der Waals surface area (Å²) in [5, 5.41) is 0. The molecule has 0 saturated carbocycles. The normalized spacial score (nSPS) is 15.0. The van der Waals surface area contributed by atoms with E-state index in [0.29, 0.717) is 5.57 Å². The van der Waals surface area contributed by atoms with Gasteiger partial charge in [0.05, 0.1) is 10.5 Å². The SMILES string of the molecule is [11CH3]S(=O)(=O)c1ccc(C2=C(c3ccccc3)C(=O)OC2)cc1. The Balaban J connectivity index is 2.09. The average Bonchev–Trinajstić information content (AvgIpc) is 2.89. The maximum Gasteiger partial charge on any atom is 0.339 e. The quantitative estimate of drug-likeness (QED) is 0.817. The molecule has 1 aliphatic rings. The number of carbonyl (C=O) groups excluding carboxylic acids is 1. The van der Waals surface area contributed by atoms with Gasteiger partial charge < -0.3 is 4.74 Å². The summed E-state index contributed by atoms with van der Waals surface area (Å²) in [5.74, 6) is -0.353. The van der Waals surface area contributed by atoms with Gasteiger partial charge in [-0.2, -0.15) is 0 Å². The maximum absolute atomic E-state index is 12.0. The lowest BCUT2D eigenvalue weighted by atomic mass is 9.97. The highest BCUT2D eigenvalue weighted by molar-refractivity contribution is 7.90. The van der Waals surface area contributed by atoms with Gasteiger partial charge in [0.1, 0.15) is 6.61 Å². The van der Waals surface area contributed by atoms with E-state index in [2.05, 4.69) is 0 Å². The zero-order valence-electron chi connectivity index (χ0n) is 11.9. The summed E-state index contributed by atoms with van der Waals surface area (Å²) in [5.41, 5.74) is 2.90. The molecule has 2 aromatic rings. The molecule has 0 bridgehead atoms. The smallest absolute Gasteiger partial charge is 0.339 e. The van der Waals surface area contributed by atoms with Gasteiger partial charge in [0.25, 0.3) is 0 Å². The Bertz CT molecular complexity index is 847. The molecule has 0 saturated heterocycles. The Morgan fingerprint density at radius 3 is 2.14 bits per heavy atom. The van der Waals surface area contributed by atoms with Gasteiger partial charge in [0.15, 0.2) is 9.84 Å². The first kappa shape index (κ1) is 14.5. The van der Waals surface area contributed by atoms with E-state index in [1.807, 2.05) is 30.3 Å². The number of sulfone groups is 1. The summed E-state index contributed by atoms with van der Waals surface area (Å²) < 4.78 is 28.2. The van der Waals surface area contributed by atoms with Crippen LogP contribution in [-0.2, 0) is 19.4 Å². The molecule has 22 heavy (non-hydrogen) atoms. The third-order valence-corrected chi connectivity index (χ3v) is 4.68. The number of cyclic esters (lactones) is 1. The van der Waals surface area contributed by atoms with Crippen molar-refractivity contribution in [3.05, 3.63) is 65.7 Å². The van der Waals surface area contributed by atoms with Crippen LogP contribution in [0.15, 0.2) is 59.5 Å². The Labute approximate surface area is 129 Å². The third kappa shape index (κ3) is 2.67. The molecule has 0 fully saturated rings. The minimum atomic E-state index is -3.23. The predicted molar refractivity (Wildman–Crippen MR) is 83.8 cm³/mol. The molecule has 0 spiro atoms. The van der Waals surface area contributed by atoms with Gasteiger partial charge in [0.2, 0.25) is 0 Å². The van der Waals surface area contributed by atoms with Gasteiger partial charge in [-0.1, -0.05) is 42.5 Å². The summed E-state index contributed by atoms with van der Waals surface area (Å²) in [6, 6.07) is 15.8. The van der Waals surface area contributed by atoms with Gasteiger partial charge in [-0.05, 0) is 23.3 Å². The van der Waals surface area contributed by atoms with E-state index in [0.717, 1.165) is 16.7 Å². The summed E-state index contributed by atoms with van der Waals surface area (Å²) in [7, 11) is -3.23. The second-order valence-electron chi connectivity index (χ2n) is 5.09. The van der Waals surface area contributed by atoms with Crippen molar-refractivity contribution in [1.82, 2.24) is 0 Å². The first-order valence-electron chi connectivity index (χ1n) is 6.73. The zero-order chi connectivity index (χ0) is 15.7. The van der Waals surface area contributed by atoms with E-state index in [9.17, 15) is 13.2 Å². The topological polar surface area (TPSA) is 60.4 Å². The molecule has 0 aromatic heterocycles. The molecule has 0 N–H and O–H groups in total. The van der Waals surface area contributed by atoms with Crippen molar-refractivity contribution < 1.29 is 17.9 Å². The Kier molecular flexibility index (Phi) is 3.58. The monoisotopic (exact) mass is 313 g/mol. The van der Waals surface area contributed by atoms with Gasteiger partial charge in [-0.15, -0.1) is 0 Å². The first-order valence-corrected chi connectivity index (χ1v) is 8.62. The van der Waals surface area contributed by atoms with Crippen LogP contribution in [0.5, 0.6) is 0 Å². The molecule has 0 radical (unpaired) electrons. The predicted octanol–water partition coefficient (Wildman–Crippen LogP) is 2.56. The number of benzene rings is 2. The average molecular weight is 313 g/mol. The molecular weight excluding hydrogens is 299 g/mol. The van der Waals surface area contributed by atoms with Crippen LogP contribution in [0.25, 0.3) is 11.1 Å². The standard InChI is InChI=1S/C17H14O4S/c1-22(19,20)14-9-7-12(8-10-14)15-11-21-17(18)16(15)13-5-3-2-4-6-13/h2-10H,11H2,1H3/i1-1. The van der Waals surface area contributed by atoms with Crippen LogP contribution < -0.4 is 0 Å². The summed E-state index contributed by atoms with van der Waals surface area (Å²) in [6.07, 6.45) is 1.17. The first-order chi connectivity index (χ1) is 10.5. The van der Waals surface area contributed by atoms with E-state index in [1.54, 1.807) is 24.3 Å². The molecule has 0 unspecified atom stereocenters. The highest BCUT2D eigenvalue weighted by Gasteiger charge is 2.27. The fourth-order valence-electron chi connectivity index (χ4n) is 2.43. The lowest BCUT2D eigenvalue weighted by Crippen LogP contribution is -1.98. The van der Waals surface area contributed by atoms with Crippen molar-refractivity contribution in [2.45, 2.75) is 4.90 Å². The highest BCUT2D eigenvalue weighted by atomic mass is 32.2. The summed E-state index contributed by atoms with van der Waals surface area (Å²) >= 11 is 0. The molecule has 0 atom stereocenters. The largest absolute Gasteiger partial charge is 0.457 e. The van der Waals surface area contributed by atoms with Crippen LogP contribution in [0.4, 0.5) is 0 Å². The van der Waals surface area contributed by atoms with Crippen molar-refractivity contribution in [1.29, 1.82) is 0 Å². The summed E-state index contributed by atoms with van der Waals surface area (Å²) in [4.78, 5) is 12.3. The van der Waals surface area contributed by atoms with Gasteiger partial charge >= 0.3 is 5.97 Å². The highest BCUT2D eigenvalue weighted by Crippen LogP contribution is 2.33. The van der Waals surface area contributed by atoms with E-state index < -0.39 is 9.84 Å². The molecule has 1 heterocycles. The van der Waals surface area contributed by atoms with Crippen LogP contribution in [-0.4, -0.2) is 27.2 Å². The van der Waals surface area contributed by atoms with Gasteiger partial charge in [0, 0.05) is 11.8 Å². The van der Waals surface area contributed by atoms with E-state index >= 15 is 0 Å². The molecule has 1 aliphatic heterocycles. The second kappa shape index (κ2) is 5.42. The number of ether oxygens (including phenoxy) is 1. The molecule has 0 aliphatic carbocycles. The fraction of sp³-hybridized carbons (Fsp3) is 0.118. The number of rotatable bonds is 3. The zero-order valence-corrected chi connectivity index (χ0v) is 12.8. The van der Waals surface area contributed by atoms with E-state index in [1.165, 1.54) is 6.26 Å². The van der Waals surface area contributed by atoms with Crippen molar-refractivity contribution in [3.63, 3.8) is 0 Å². The molecule has 5 heteroatoms. The second-order valence-corrected chi connectivity index (χ2v) is 7.11. The van der Waals surface area contributed by atoms with Crippen molar-refractivity contribution in [3.8, 4) is 0 Å². The lowest BCUT2D eigenvalue weighted by molar-refractivity contribution is -0.133. The number of esters is 1. The van der Waals surface area contributed by atoms with Crippen molar-refractivity contribution in [2.75, 3.05) is 12.9 Å². The van der Waals surface area contributed by atoms with Crippen LogP contribution in [0, 0.1) is 0 Å². The minimum Gasteiger partial charge on any atom is -0.457 e. The molecular formula is C17H14O4S. The van der Waals surface area contributed by atoms with Gasteiger partial charge in [-0.25, -0.2) is 13.2 Å². The Morgan fingerprint density at radius 2 is 1.55 bits per heavy atom. The third-order valence-electron chi connectivity index (χ3n) is 3.55. The Hall–Kier alpha value is -2.40. The summed E-state index contributed by atoms with van der Waals surface area (Å²) in [6.45, 7) is 0.196. The van der Waals surface area contributed by atoms with Crippen molar-refractivity contribution >= 4 is 27.0 Å². The molecule has 2 aromatic carbocycles. The molecule has 3 rings (SSSR count). The van der Waals surface area contributed by atoms with Gasteiger partial charge in [-0.3, -0.25) is 0 Å². The number of carbonyl (C=O) groups is 1. The maximum atomic E-state index is 12.0. The Morgan fingerprint density at radius 1 is 0.909 bits per heavy atom.